The Bertz CT molecular complexity index is 707. The summed E-state index contributed by atoms with van der Waals surface area (Å²) in [7, 11) is 0. The number of hydrogen-bond donors (Lipinski definition) is 1. The minimum absolute atomic E-state index is 0.0705. The van der Waals surface area contributed by atoms with Gasteiger partial charge in [-0.25, -0.2) is 4.98 Å². The van der Waals surface area contributed by atoms with E-state index >= 15 is 0 Å². The van der Waals surface area contributed by atoms with Crippen molar-refractivity contribution >= 4 is 11.3 Å². The van der Waals surface area contributed by atoms with Crippen LogP contribution in [0.4, 0.5) is 0 Å². The summed E-state index contributed by atoms with van der Waals surface area (Å²) in [6, 6.07) is 5.34. The van der Waals surface area contributed by atoms with Gasteiger partial charge in [-0.3, -0.25) is 9.69 Å². The number of H-pyrrole nitrogens is 1. The Morgan fingerprint density at radius 1 is 1.38 bits per heavy atom. The number of hydrogen-bond acceptors (Lipinski definition) is 4. The van der Waals surface area contributed by atoms with Gasteiger partial charge >= 0.3 is 0 Å². The first-order chi connectivity index (χ1) is 10.2. The van der Waals surface area contributed by atoms with Crippen molar-refractivity contribution < 1.29 is 0 Å². The zero-order chi connectivity index (χ0) is 14.4. The van der Waals surface area contributed by atoms with Gasteiger partial charge in [0.15, 0.2) is 0 Å². The highest BCUT2D eigenvalue weighted by molar-refractivity contribution is 7.09. The third-order valence-electron chi connectivity index (χ3n) is 4.78. The Morgan fingerprint density at radius 3 is 2.95 bits per heavy atom. The highest BCUT2D eigenvalue weighted by Crippen LogP contribution is 2.34. The summed E-state index contributed by atoms with van der Waals surface area (Å²) in [5, 5.41) is 2.14. The maximum absolute atomic E-state index is 12.2. The van der Waals surface area contributed by atoms with Crippen LogP contribution in [0.3, 0.4) is 0 Å². The predicted octanol–water partition coefficient (Wildman–Crippen LogP) is 2.27. The first kappa shape index (κ1) is 13.2. The van der Waals surface area contributed by atoms with Crippen molar-refractivity contribution in [3.8, 4) is 0 Å². The van der Waals surface area contributed by atoms with Crippen molar-refractivity contribution in [3.63, 3.8) is 0 Å². The highest BCUT2D eigenvalue weighted by Gasteiger charge is 2.38. The molecule has 5 heteroatoms. The monoisotopic (exact) mass is 301 g/mol. The molecular weight excluding hydrogens is 282 g/mol. The topological polar surface area (TPSA) is 49.0 Å². The van der Waals surface area contributed by atoms with E-state index in [1.807, 2.05) is 18.3 Å². The second kappa shape index (κ2) is 5.07. The lowest BCUT2D eigenvalue weighted by molar-refractivity contribution is 0.189. The van der Waals surface area contributed by atoms with Gasteiger partial charge in [-0.05, 0) is 37.6 Å². The van der Waals surface area contributed by atoms with Gasteiger partial charge in [-0.2, -0.15) is 0 Å². The summed E-state index contributed by atoms with van der Waals surface area (Å²) in [5.41, 5.74) is 2.02. The van der Waals surface area contributed by atoms with Crippen LogP contribution in [0.1, 0.15) is 34.8 Å². The third kappa shape index (κ3) is 2.34. The van der Waals surface area contributed by atoms with Gasteiger partial charge in [0, 0.05) is 35.5 Å². The SMILES string of the molecule is Cc1nc2c(c(=O)[nH]1)C[C@H]1CC[C@H](C2)N1Cc1cccs1. The van der Waals surface area contributed by atoms with Crippen molar-refractivity contribution in [1.82, 2.24) is 14.9 Å². The Labute approximate surface area is 127 Å². The molecule has 21 heavy (non-hydrogen) atoms. The van der Waals surface area contributed by atoms with Gasteiger partial charge in [-0.15, -0.1) is 11.3 Å². The molecule has 4 nitrogen and oxygen atoms in total. The van der Waals surface area contributed by atoms with E-state index in [-0.39, 0.29) is 5.56 Å². The van der Waals surface area contributed by atoms with E-state index in [0.29, 0.717) is 12.1 Å². The van der Waals surface area contributed by atoms with Crippen molar-refractivity contribution in [1.29, 1.82) is 0 Å². The Kier molecular flexibility index (Phi) is 3.19. The second-order valence-electron chi connectivity index (χ2n) is 6.12. The number of aromatic amines is 1. The number of nitrogens with one attached hydrogen (secondary N) is 1. The predicted molar refractivity (Wildman–Crippen MR) is 83.7 cm³/mol. The van der Waals surface area contributed by atoms with Crippen molar-refractivity contribution in [2.24, 2.45) is 0 Å². The van der Waals surface area contributed by atoms with Crippen LogP contribution in [0.15, 0.2) is 22.3 Å². The lowest BCUT2D eigenvalue weighted by Gasteiger charge is -2.27. The molecule has 1 fully saturated rings. The molecule has 0 spiro atoms. The van der Waals surface area contributed by atoms with Gasteiger partial charge in [0.1, 0.15) is 5.82 Å². The smallest absolute Gasteiger partial charge is 0.254 e. The largest absolute Gasteiger partial charge is 0.311 e. The molecule has 110 valence electrons. The lowest BCUT2D eigenvalue weighted by Crippen LogP contribution is -2.36. The third-order valence-corrected chi connectivity index (χ3v) is 5.64. The molecule has 2 atom stereocenters. The van der Waals surface area contributed by atoms with Crippen LogP contribution in [0, 0.1) is 6.92 Å². The number of aryl methyl sites for hydroxylation is 1. The fourth-order valence-corrected chi connectivity index (χ4v) is 4.51. The molecule has 2 aliphatic rings. The fraction of sp³-hybridized carbons (Fsp3) is 0.500. The van der Waals surface area contributed by atoms with E-state index in [9.17, 15) is 4.79 Å². The molecule has 0 amide bonds. The summed E-state index contributed by atoms with van der Waals surface area (Å²) in [5.74, 6) is 0.737. The molecule has 1 N–H and O–H groups in total. The number of rotatable bonds is 2. The maximum Gasteiger partial charge on any atom is 0.254 e. The molecule has 1 saturated heterocycles. The summed E-state index contributed by atoms with van der Waals surface area (Å²) in [6.45, 7) is 2.88. The van der Waals surface area contributed by atoms with Gasteiger partial charge in [0.05, 0.1) is 5.69 Å². The zero-order valence-electron chi connectivity index (χ0n) is 12.1. The second-order valence-corrected chi connectivity index (χ2v) is 7.15. The minimum Gasteiger partial charge on any atom is -0.311 e. The maximum atomic E-state index is 12.2. The first-order valence-corrected chi connectivity index (χ1v) is 8.45. The number of fused-ring (bicyclic) bond motifs is 3. The molecule has 4 heterocycles. The van der Waals surface area contributed by atoms with E-state index in [4.69, 9.17) is 0 Å². The van der Waals surface area contributed by atoms with Crippen molar-refractivity contribution in [2.45, 2.75) is 51.2 Å². The molecule has 0 radical (unpaired) electrons. The molecule has 0 aromatic carbocycles. The highest BCUT2D eigenvalue weighted by atomic mass is 32.1. The fourth-order valence-electron chi connectivity index (χ4n) is 3.80. The van der Waals surface area contributed by atoms with E-state index in [1.54, 1.807) is 0 Å². The molecule has 0 saturated carbocycles. The van der Waals surface area contributed by atoms with Gasteiger partial charge in [-0.1, -0.05) is 6.07 Å². The lowest BCUT2D eigenvalue weighted by atomic mass is 9.98. The quantitative estimate of drug-likeness (QED) is 0.926. The number of aromatic nitrogens is 2. The number of nitrogens with zero attached hydrogens (tertiary/aromatic N) is 2. The van der Waals surface area contributed by atoms with Crippen LogP contribution in [0.5, 0.6) is 0 Å². The van der Waals surface area contributed by atoms with Crippen molar-refractivity contribution in [3.05, 3.63) is 49.8 Å². The average Bonchev–Trinajstić information content (AvgIpc) is 3.01. The molecule has 2 aliphatic heterocycles. The van der Waals surface area contributed by atoms with Gasteiger partial charge in [0.2, 0.25) is 0 Å². The van der Waals surface area contributed by atoms with Gasteiger partial charge in [0.25, 0.3) is 5.56 Å². The summed E-state index contributed by atoms with van der Waals surface area (Å²) < 4.78 is 0. The van der Waals surface area contributed by atoms with E-state index in [1.165, 1.54) is 17.7 Å². The molecule has 4 rings (SSSR count). The van der Waals surface area contributed by atoms with Crippen molar-refractivity contribution in [2.75, 3.05) is 0 Å². The first-order valence-electron chi connectivity index (χ1n) is 7.57. The Morgan fingerprint density at radius 2 is 2.19 bits per heavy atom. The summed E-state index contributed by atoms with van der Waals surface area (Å²) >= 11 is 1.82. The Balaban J connectivity index is 1.68. The van der Waals surface area contributed by atoms with E-state index in [0.717, 1.165) is 36.5 Å². The molecule has 2 bridgehead atoms. The molecule has 0 aliphatic carbocycles. The Hall–Kier alpha value is -1.46. The van der Waals surface area contributed by atoms with Crippen LogP contribution >= 0.6 is 11.3 Å². The molecule has 2 aromatic rings. The standard InChI is InChI=1S/C16H19N3OS/c1-10-17-15-8-12-5-4-11(7-14(15)16(20)18-10)19(12)9-13-3-2-6-21-13/h2-3,6,11-12H,4-5,7-9H2,1H3,(H,17,18,20)/t11-,12-/m1/s1. The van der Waals surface area contributed by atoms with Crippen LogP contribution in [0.25, 0.3) is 0 Å². The van der Waals surface area contributed by atoms with Crippen LogP contribution < -0.4 is 5.56 Å². The van der Waals surface area contributed by atoms with E-state index < -0.39 is 0 Å². The molecule has 2 aromatic heterocycles. The van der Waals surface area contributed by atoms with E-state index in [2.05, 4.69) is 32.4 Å². The summed E-state index contributed by atoms with van der Waals surface area (Å²) in [6.07, 6.45) is 4.19. The van der Waals surface area contributed by atoms with Gasteiger partial charge < -0.3 is 4.98 Å². The number of thiophene rings is 1. The molecular formula is C16H19N3OS. The normalized spacial score (nSPS) is 24.8. The van der Waals surface area contributed by atoms with Crippen LogP contribution in [-0.4, -0.2) is 27.0 Å². The zero-order valence-corrected chi connectivity index (χ0v) is 12.9. The molecule has 0 unspecified atom stereocenters. The minimum atomic E-state index is 0.0705. The summed E-state index contributed by atoms with van der Waals surface area (Å²) in [4.78, 5) is 23.7. The van der Waals surface area contributed by atoms with Crippen LogP contribution in [0.2, 0.25) is 0 Å². The average molecular weight is 301 g/mol. The van der Waals surface area contributed by atoms with Crippen LogP contribution in [-0.2, 0) is 19.4 Å².